The molecule has 17 heavy (non-hydrogen) atoms. The highest BCUT2D eigenvalue weighted by molar-refractivity contribution is 4.91. The average molecular weight is 236 g/mol. The summed E-state index contributed by atoms with van der Waals surface area (Å²) in [5.41, 5.74) is 0.412. The van der Waals surface area contributed by atoms with E-state index in [-0.39, 0.29) is 0 Å². The number of nitrogens with zero attached hydrogens (tertiary/aromatic N) is 3. The molecule has 1 aliphatic rings. The van der Waals surface area contributed by atoms with Crippen LogP contribution in [0, 0.1) is 5.41 Å². The highest BCUT2D eigenvalue weighted by Gasteiger charge is 2.31. The summed E-state index contributed by atoms with van der Waals surface area (Å²) in [5.74, 6) is 1.05. The number of aromatic nitrogens is 3. The molecule has 1 aromatic rings. The molecular weight excluding hydrogens is 212 g/mol. The summed E-state index contributed by atoms with van der Waals surface area (Å²) in [6.07, 6.45) is 7.14. The summed E-state index contributed by atoms with van der Waals surface area (Å²) in [7, 11) is 0. The monoisotopic (exact) mass is 236 g/mol. The Bertz CT molecular complexity index is 356. The van der Waals surface area contributed by atoms with Gasteiger partial charge in [-0.3, -0.25) is 0 Å². The van der Waals surface area contributed by atoms with Gasteiger partial charge in [-0.15, -0.1) is 10.2 Å². The fourth-order valence-electron chi connectivity index (χ4n) is 2.77. The van der Waals surface area contributed by atoms with Crippen LogP contribution in [-0.4, -0.2) is 20.8 Å². The Hall–Kier alpha value is -0.900. The highest BCUT2D eigenvalue weighted by Crippen LogP contribution is 2.35. The third kappa shape index (κ3) is 2.86. The number of aryl methyl sites for hydroxylation is 1. The zero-order chi connectivity index (χ0) is 12.3. The van der Waals surface area contributed by atoms with Crippen molar-refractivity contribution in [2.45, 2.75) is 65.6 Å². The molecule has 1 fully saturated rings. The van der Waals surface area contributed by atoms with Crippen LogP contribution in [0.25, 0.3) is 0 Å². The van der Waals surface area contributed by atoms with Gasteiger partial charge in [0.15, 0.2) is 0 Å². The molecule has 1 N–H and O–H groups in total. The molecule has 0 amide bonds. The Kier molecular flexibility index (Phi) is 3.82. The number of hydrogen-bond donors (Lipinski definition) is 1. The van der Waals surface area contributed by atoms with Gasteiger partial charge in [0.25, 0.3) is 0 Å². The Balaban J connectivity index is 1.93. The van der Waals surface area contributed by atoms with Gasteiger partial charge in [0.1, 0.15) is 12.2 Å². The van der Waals surface area contributed by atoms with Crippen molar-refractivity contribution in [3.8, 4) is 0 Å². The maximum atomic E-state index is 4.17. The van der Waals surface area contributed by atoms with Crippen molar-refractivity contribution in [3.63, 3.8) is 0 Å². The third-order valence-electron chi connectivity index (χ3n) is 4.05. The molecule has 0 aliphatic heterocycles. The van der Waals surface area contributed by atoms with E-state index in [0.717, 1.165) is 18.9 Å². The molecule has 1 aliphatic carbocycles. The van der Waals surface area contributed by atoms with E-state index in [9.17, 15) is 0 Å². The first-order valence-corrected chi connectivity index (χ1v) is 6.73. The fourth-order valence-corrected chi connectivity index (χ4v) is 2.77. The maximum absolute atomic E-state index is 4.17. The lowest BCUT2D eigenvalue weighted by molar-refractivity contribution is 0.165. The number of rotatable bonds is 4. The third-order valence-corrected chi connectivity index (χ3v) is 4.05. The van der Waals surface area contributed by atoms with Crippen LogP contribution >= 0.6 is 0 Å². The van der Waals surface area contributed by atoms with E-state index < -0.39 is 0 Å². The Morgan fingerprint density at radius 2 is 2.29 bits per heavy atom. The van der Waals surface area contributed by atoms with Crippen molar-refractivity contribution < 1.29 is 0 Å². The molecule has 0 saturated heterocycles. The van der Waals surface area contributed by atoms with Crippen LogP contribution in [0.1, 0.15) is 52.3 Å². The van der Waals surface area contributed by atoms with Crippen LogP contribution in [0.15, 0.2) is 6.33 Å². The van der Waals surface area contributed by atoms with Crippen molar-refractivity contribution in [1.29, 1.82) is 0 Å². The lowest BCUT2D eigenvalue weighted by Crippen LogP contribution is -2.44. The van der Waals surface area contributed by atoms with Crippen LogP contribution < -0.4 is 5.32 Å². The summed E-state index contributed by atoms with van der Waals surface area (Å²) >= 11 is 0. The number of nitrogens with one attached hydrogen (secondary N) is 1. The topological polar surface area (TPSA) is 42.7 Å². The molecular formula is C13H24N4. The van der Waals surface area contributed by atoms with Gasteiger partial charge >= 0.3 is 0 Å². The first kappa shape index (κ1) is 12.6. The molecule has 1 aromatic heterocycles. The van der Waals surface area contributed by atoms with Gasteiger partial charge in [-0.1, -0.05) is 26.7 Å². The van der Waals surface area contributed by atoms with E-state index >= 15 is 0 Å². The van der Waals surface area contributed by atoms with E-state index in [2.05, 4.69) is 40.9 Å². The van der Waals surface area contributed by atoms with Gasteiger partial charge < -0.3 is 9.88 Å². The van der Waals surface area contributed by atoms with Crippen molar-refractivity contribution >= 4 is 0 Å². The van der Waals surface area contributed by atoms with E-state index in [1.165, 1.54) is 25.7 Å². The van der Waals surface area contributed by atoms with Crippen molar-refractivity contribution in [2.24, 2.45) is 5.41 Å². The Labute approximate surface area is 104 Å². The minimum absolute atomic E-state index is 0.412. The second-order valence-corrected chi connectivity index (χ2v) is 5.70. The van der Waals surface area contributed by atoms with Gasteiger partial charge in [-0.25, -0.2) is 0 Å². The van der Waals surface area contributed by atoms with E-state index in [4.69, 9.17) is 0 Å². The standard InChI is InChI=1S/C13H24N4/c1-4-17-10-15-16-12(17)9-14-11-7-5-6-8-13(11,2)3/h10-11,14H,4-9H2,1-3H3. The van der Waals surface area contributed by atoms with Gasteiger partial charge in [-0.05, 0) is 25.2 Å². The zero-order valence-corrected chi connectivity index (χ0v) is 11.2. The molecule has 0 spiro atoms. The molecule has 4 heteroatoms. The van der Waals surface area contributed by atoms with E-state index in [1.54, 1.807) is 0 Å². The Morgan fingerprint density at radius 3 is 3.00 bits per heavy atom. The minimum Gasteiger partial charge on any atom is -0.317 e. The minimum atomic E-state index is 0.412. The van der Waals surface area contributed by atoms with Crippen LogP contribution in [0.4, 0.5) is 0 Å². The lowest BCUT2D eigenvalue weighted by Gasteiger charge is -2.39. The lowest BCUT2D eigenvalue weighted by atomic mass is 9.73. The summed E-state index contributed by atoms with van der Waals surface area (Å²) in [4.78, 5) is 0. The summed E-state index contributed by atoms with van der Waals surface area (Å²) in [6, 6.07) is 0.609. The van der Waals surface area contributed by atoms with Gasteiger partial charge in [-0.2, -0.15) is 0 Å². The molecule has 0 bridgehead atoms. The summed E-state index contributed by atoms with van der Waals surface area (Å²) < 4.78 is 2.10. The molecule has 1 atom stereocenters. The van der Waals surface area contributed by atoms with Crippen LogP contribution in [0.3, 0.4) is 0 Å². The molecule has 1 unspecified atom stereocenters. The van der Waals surface area contributed by atoms with Crippen molar-refractivity contribution in [2.75, 3.05) is 0 Å². The average Bonchev–Trinajstić information content (AvgIpc) is 2.74. The van der Waals surface area contributed by atoms with Crippen LogP contribution in [0.5, 0.6) is 0 Å². The molecule has 96 valence electrons. The second kappa shape index (κ2) is 5.17. The van der Waals surface area contributed by atoms with Crippen LogP contribution in [0.2, 0.25) is 0 Å². The Morgan fingerprint density at radius 1 is 1.47 bits per heavy atom. The quantitative estimate of drug-likeness (QED) is 0.872. The normalized spacial score (nSPS) is 23.8. The van der Waals surface area contributed by atoms with E-state index in [0.29, 0.717) is 11.5 Å². The predicted molar refractivity (Wildman–Crippen MR) is 68.6 cm³/mol. The molecule has 1 heterocycles. The second-order valence-electron chi connectivity index (χ2n) is 5.70. The SMILES string of the molecule is CCn1cnnc1CNC1CCCCC1(C)C. The molecule has 2 rings (SSSR count). The van der Waals surface area contributed by atoms with Gasteiger partial charge in [0, 0.05) is 12.6 Å². The maximum Gasteiger partial charge on any atom is 0.146 e. The van der Waals surface area contributed by atoms with Gasteiger partial charge in [0.05, 0.1) is 6.54 Å². The van der Waals surface area contributed by atoms with Crippen molar-refractivity contribution in [1.82, 2.24) is 20.1 Å². The first-order chi connectivity index (χ1) is 8.13. The molecule has 1 saturated carbocycles. The molecule has 4 nitrogen and oxygen atoms in total. The highest BCUT2D eigenvalue weighted by atomic mass is 15.3. The smallest absolute Gasteiger partial charge is 0.146 e. The zero-order valence-electron chi connectivity index (χ0n) is 11.2. The summed E-state index contributed by atoms with van der Waals surface area (Å²) in [6.45, 7) is 8.64. The van der Waals surface area contributed by atoms with Crippen LogP contribution in [-0.2, 0) is 13.1 Å². The van der Waals surface area contributed by atoms with Gasteiger partial charge in [0.2, 0.25) is 0 Å². The molecule has 0 radical (unpaired) electrons. The predicted octanol–water partition coefficient (Wildman–Crippen LogP) is 2.36. The largest absolute Gasteiger partial charge is 0.317 e. The number of hydrogen-bond acceptors (Lipinski definition) is 3. The fraction of sp³-hybridized carbons (Fsp3) is 0.846. The van der Waals surface area contributed by atoms with E-state index in [1.807, 2.05) is 6.33 Å². The van der Waals surface area contributed by atoms with Crippen molar-refractivity contribution in [3.05, 3.63) is 12.2 Å². The summed E-state index contributed by atoms with van der Waals surface area (Å²) in [5, 5.41) is 11.8. The molecule has 0 aromatic carbocycles. The first-order valence-electron chi connectivity index (χ1n) is 6.73.